The van der Waals surface area contributed by atoms with E-state index in [9.17, 15) is 8.78 Å². The van der Waals surface area contributed by atoms with Crippen LogP contribution in [0.15, 0.2) is 34.9 Å². The number of furan rings is 1. The Balaban J connectivity index is 2.28. The first-order chi connectivity index (χ1) is 8.99. The number of aryl methyl sites for hydroxylation is 1. The number of anilines is 2. The van der Waals surface area contributed by atoms with E-state index in [1.54, 1.807) is 30.3 Å². The van der Waals surface area contributed by atoms with Gasteiger partial charge in [-0.2, -0.15) is 0 Å². The number of hydrogen-bond donors (Lipinski definition) is 1. The van der Waals surface area contributed by atoms with Crippen LogP contribution in [0.1, 0.15) is 23.3 Å². The molecule has 0 unspecified atom stereocenters. The van der Waals surface area contributed by atoms with E-state index in [0.717, 1.165) is 11.3 Å². The summed E-state index contributed by atoms with van der Waals surface area (Å²) in [5, 5.41) is 0. The summed E-state index contributed by atoms with van der Waals surface area (Å²) in [7, 11) is 1.77. The van der Waals surface area contributed by atoms with Crippen molar-refractivity contribution >= 4 is 11.4 Å². The highest BCUT2D eigenvalue weighted by Crippen LogP contribution is 2.32. The van der Waals surface area contributed by atoms with Gasteiger partial charge < -0.3 is 15.1 Å². The summed E-state index contributed by atoms with van der Waals surface area (Å²) < 4.78 is 31.3. The SMILES string of the molecule is Cc1occc1CN(C)c1ccc(N)cc1C(F)F. The molecule has 5 heteroatoms. The highest BCUT2D eigenvalue weighted by molar-refractivity contribution is 5.60. The second-order valence-electron chi connectivity index (χ2n) is 4.48. The number of halogens is 2. The zero-order chi connectivity index (χ0) is 14.0. The fourth-order valence-electron chi connectivity index (χ4n) is 2.01. The quantitative estimate of drug-likeness (QED) is 0.857. The Hall–Kier alpha value is -2.04. The molecule has 0 radical (unpaired) electrons. The molecule has 0 saturated heterocycles. The van der Waals surface area contributed by atoms with Crippen molar-refractivity contribution in [1.29, 1.82) is 0 Å². The lowest BCUT2D eigenvalue weighted by molar-refractivity contribution is 0.152. The van der Waals surface area contributed by atoms with Crippen molar-refractivity contribution in [3.63, 3.8) is 0 Å². The summed E-state index contributed by atoms with van der Waals surface area (Å²) in [6.45, 7) is 2.35. The van der Waals surface area contributed by atoms with Gasteiger partial charge in [-0.25, -0.2) is 8.78 Å². The lowest BCUT2D eigenvalue weighted by atomic mass is 10.1. The molecular formula is C14H16F2N2O. The third kappa shape index (κ3) is 2.86. The highest BCUT2D eigenvalue weighted by atomic mass is 19.3. The fraction of sp³-hybridized carbons (Fsp3) is 0.286. The molecular weight excluding hydrogens is 250 g/mol. The molecule has 0 bridgehead atoms. The molecule has 3 nitrogen and oxygen atoms in total. The van der Waals surface area contributed by atoms with Crippen molar-refractivity contribution in [2.75, 3.05) is 17.7 Å². The number of nitrogens with zero attached hydrogens (tertiary/aromatic N) is 1. The van der Waals surface area contributed by atoms with Crippen LogP contribution in [0.5, 0.6) is 0 Å². The van der Waals surface area contributed by atoms with Crippen molar-refractivity contribution in [3.05, 3.63) is 47.4 Å². The van der Waals surface area contributed by atoms with E-state index in [4.69, 9.17) is 10.2 Å². The molecule has 19 heavy (non-hydrogen) atoms. The van der Waals surface area contributed by atoms with Crippen molar-refractivity contribution < 1.29 is 13.2 Å². The Labute approximate surface area is 110 Å². The van der Waals surface area contributed by atoms with Gasteiger partial charge in [-0.15, -0.1) is 0 Å². The van der Waals surface area contributed by atoms with Gasteiger partial charge in [0.25, 0.3) is 6.43 Å². The summed E-state index contributed by atoms with van der Waals surface area (Å²) in [5.74, 6) is 0.792. The monoisotopic (exact) mass is 266 g/mol. The van der Waals surface area contributed by atoms with E-state index in [-0.39, 0.29) is 5.56 Å². The zero-order valence-electron chi connectivity index (χ0n) is 10.9. The first kappa shape index (κ1) is 13.4. The number of hydrogen-bond acceptors (Lipinski definition) is 3. The maximum atomic E-state index is 13.0. The molecule has 0 fully saturated rings. The Kier molecular flexibility index (Phi) is 3.74. The van der Waals surface area contributed by atoms with Crippen molar-refractivity contribution in [1.82, 2.24) is 0 Å². The van der Waals surface area contributed by atoms with Crippen LogP contribution in [0.3, 0.4) is 0 Å². The summed E-state index contributed by atoms with van der Waals surface area (Å²) in [4.78, 5) is 1.76. The maximum absolute atomic E-state index is 13.0. The van der Waals surface area contributed by atoms with Crippen LogP contribution < -0.4 is 10.6 Å². The van der Waals surface area contributed by atoms with Gasteiger partial charge in [0.2, 0.25) is 0 Å². The van der Waals surface area contributed by atoms with Gasteiger partial charge in [-0.3, -0.25) is 0 Å². The first-order valence-electron chi connectivity index (χ1n) is 5.90. The molecule has 1 aromatic carbocycles. The first-order valence-corrected chi connectivity index (χ1v) is 5.90. The van der Waals surface area contributed by atoms with Gasteiger partial charge in [-0.1, -0.05) is 0 Å². The predicted molar refractivity (Wildman–Crippen MR) is 71.4 cm³/mol. The highest BCUT2D eigenvalue weighted by Gasteiger charge is 2.17. The summed E-state index contributed by atoms with van der Waals surface area (Å²) in [6.07, 6.45) is -0.957. The zero-order valence-corrected chi connectivity index (χ0v) is 10.9. The van der Waals surface area contributed by atoms with Crippen LogP contribution in [-0.4, -0.2) is 7.05 Å². The molecule has 0 saturated carbocycles. The molecule has 102 valence electrons. The Morgan fingerprint density at radius 1 is 1.32 bits per heavy atom. The standard InChI is InChI=1S/C14H16F2N2O/c1-9-10(5-6-19-9)8-18(2)13-4-3-11(17)7-12(13)14(15)16/h3-7,14H,8,17H2,1-2H3. The molecule has 0 aliphatic carbocycles. The normalized spacial score (nSPS) is 11.0. The molecule has 0 aliphatic rings. The average Bonchev–Trinajstić information content (AvgIpc) is 2.74. The van der Waals surface area contributed by atoms with Gasteiger partial charge >= 0.3 is 0 Å². The Morgan fingerprint density at radius 3 is 2.63 bits per heavy atom. The van der Waals surface area contributed by atoms with E-state index >= 15 is 0 Å². The summed E-state index contributed by atoms with van der Waals surface area (Å²) in [6, 6.07) is 6.40. The molecule has 1 aromatic heterocycles. The lowest BCUT2D eigenvalue weighted by Crippen LogP contribution is -2.18. The molecule has 2 aromatic rings. The van der Waals surface area contributed by atoms with E-state index < -0.39 is 6.43 Å². The summed E-state index contributed by atoms with van der Waals surface area (Å²) >= 11 is 0. The van der Waals surface area contributed by atoms with Crippen LogP contribution in [-0.2, 0) is 6.54 Å². The van der Waals surface area contributed by atoms with Crippen LogP contribution >= 0.6 is 0 Å². The fourth-order valence-corrected chi connectivity index (χ4v) is 2.01. The van der Waals surface area contributed by atoms with Crippen LogP contribution in [0.25, 0.3) is 0 Å². The van der Waals surface area contributed by atoms with Gasteiger partial charge in [0.15, 0.2) is 0 Å². The van der Waals surface area contributed by atoms with E-state index in [1.165, 1.54) is 6.07 Å². The van der Waals surface area contributed by atoms with Gasteiger partial charge in [0.1, 0.15) is 5.76 Å². The minimum absolute atomic E-state index is 0.0522. The molecule has 0 spiro atoms. The molecule has 0 aliphatic heterocycles. The topological polar surface area (TPSA) is 42.4 Å². The van der Waals surface area contributed by atoms with Crippen molar-refractivity contribution in [2.24, 2.45) is 0 Å². The number of rotatable bonds is 4. The van der Waals surface area contributed by atoms with Crippen LogP contribution in [0, 0.1) is 6.92 Å². The Bertz CT molecular complexity index is 566. The number of nitrogens with two attached hydrogens (primary N) is 1. The third-order valence-electron chi connectivity index (χ3n) is 3.07. The van der Waals surface area contributed by atoms with E-state index in [0.29, 0.717) is 17.9 Å². The number of benzene rings is 1. The average molecular weight is 266 g/mol. The molecule has 0 amide bonds. The van der Waals surface area contributed by atoms with Gasteiger partial charge in [-0.05, 0) is 31.2 Å². The van der Waals surface area contributed by atoms with E-state index in [2.05, 4.69) is 0 Å². The molecule has 0 atom stereocenters. The number of alkyl halides is 2. The second kappa shape index (κ2) is 5.30. The van der Waals surface area contributed by atoms with E-state index in [1.807, 2.05) is 13.0 Å². The van der Waals surface area contributed by atoms with Gasteiger partial charge in [0.05, 0.1) is 6.26 Å². The molecule has 1 heterocycles. The minimum atomic E-state index is -2.55. The largest absolute Gasteiger partial charge is 0.469 e. The minimum Gasteiger partial charge on any atom is -0.469 e. The predicted octanol–water partition coefficient (Wildman–Crippen LogP) is 3.74. The molecule has 2 N–H and O–H groups in total. The van der Waals surface area contributed by atoms with Crippen LogP contribution in [0.2, 0.25) is 0 Å². The van der Waals surface area contributed by atoms with Gasteiger partial charge in [0, 0.05) is 36.1 Å². The summed E-state index contributed by atoms with van der Waals surface area (Å²) in [5.41, 5.74) is 7.29. The lowest BCUT2D eigenvalue weighted by Gasteiger charge is -2.22. The van der Waals surface area contributed by atoms with Crippen molar-refractivity contribution in [2.45, 2.75) is 19.9 Å². The smallest absolute Gasteiger partial charge is 0.265 e. The third-order valence-corrected chi connectivity index (χ3v) is 3.07. The number of nitrogen functional groups attached to an aromatic ring is 1. The molecule has 2 rings (SSSR count). The Morgan fingerprint density at radius 2 is 2.05 bits per heavy atom. The second-order valence-corrected chi connectivity index (χ2v) is 4.48. The maximum Gasteiger partial charge on any atom is 0.265 e. The van der Waals surface area contributed by atoms with Crippen LogP contribution in [0.4, 0.5) is 20.2 Å². The van der Waals surface area contributed by atoms with Crippen molar-refractivity contribution in [3.8, 4) is 0 Å².